The number of amides is 1. The van der Waals surface area contributed by atoms with Crippen LogP contribution in [0.1, 0.15) is 41.6 Å². The molecule has 1 N–H and O–H groups in total. The van der Waals surface area contributed by atoms with Crippen molar-refractivity contribution in [2.24, 2.45) is 7.05 Å². The van der Waals surface area contributed by atoms with Crippen molar-refractivity contribution in [1.29, 1.82) is 0 Å². The zero-order valence-electron chi connectivity index (χ0n) is 16.8. The Labute approximate surface area is 179 Å². The van der Waals surface area contributed by atoms with Crippen molar-refractivity contribution in [3.63, 3.8) is 0 Å². The first kappa shape index (κ1) is 21.2. The minimum atomic E-state index is -0.272. The summed E-state index contributed by atoms with van der Waals surface area (Å²) in [5, 5.41) is 7.63. The second-order valence-electron chi connectivity index (χ2n) is 6.49. The fraction of sp³-hybridized carbons (Fsp3) is 0.286. The summed E-state index contributed by atoms with van der Waals surface area (Å²) < 4.78 is 7.29. The third kappa shape index (κ3) is 4.92. The first-order valence-corrected chi connectivity index (χ1v) is 10.8. The SMILES string of the molecule is CCc1nn(C)c(C(=O)N[C@@H](C)c2ccc(Oc3ccc(SC)cc3)nc2)c1Cl. The number of benzene rings is 1. The molecule has 0 spiro atoms. The van der Waals surface area contributed by atoms with Gasteiger partial charge in [0.25, 0.3) is 5.91 Å². The normalized spacial score (nSPS) is 11.9. The van der Waals surface area contributed by atoms with E-state index in [4.69, 9.17) is 16.3 Å². The van der Waals surface area contributed by atoms with E-state index in [1.807, 2.05) is 50.4 Å². The highest BCUT2D eigenvalue weighted by atomic mass is 35.5. The molecule has 0 bridgehead atoms. The molecule has 2 aromatic heterocycles. The van der Waals surface area contributed by atoms with Gasteiger partial charge in [-0.3, -0.25) is 9.48 Å². The Balaban J connectivity index is 1.66. The van der Waals surface area contributed by atoms with Crippen molar-refractivity contribution in [3.05, 3.63) is 64.6 Å². The molecule has 0 unspecified atom stereocenters. The van der Waals surface area contributed by atoms with Gasteiger partial charge in [-0.05, 0) is 49.4 Å². The standard InChI is InChI=1S/C21H23ClN4O2S/c1-5-17-19(22)20(26(3)25-17)21(27)24-13(2)14-6-11-18(23-12-14)28-15-7-9-16(29-4)10-8-15/h6-13H,5H2,1-4H3,(H,24,27)/t13-/m0/s1. The van der Waals surface area contributed by atoms with Crippen molar-refractivity contribution in [2.75, 3.05) is 6.26 Å². The first-order chi connectivity index (χ1) is 13.9. The number of aromatic nitrogens is 3. The van der Waals surface area contributed by atoms with E-state index in [1.165, 1.54) is 9.58 Å². The van der Waals surface area contributed by atoms with E-state index in [9.17, 15) is 4.79 Å². The first-order valence-electron chi connectivity index (χ1n) is 9.23. The molecule has 3 rings (SSSR count). The summed E-state index contributed by atoms with van der Waals surface area (Å²) in [6, 6.07) is 11.2. The van der Waals surface area contributed by atoms with Crippen LogP contribution in [0.25, 0.3) is 0 Å². The van der Waals surface area contributed by atoms with Gasteiger partial charge in [-0.1, -0.05) is 24.6 Å². The van der Waals surface area contributed by atoms with Crippen LogP contribution in [0.2, 0.25) is 5.02 Å². The van der Waals surface area contributed by atoms with Gasteiger partial charge in [0.2, 0.25) is 5.88 Å². The second kappa shape index (κ2) is 9.33. The molecule has 2 heterocycles. The predicted molar refractivity (Wildman–Crippen MR) is 116 cm³/mol. The third-order valence-electron chi connectivity index (χ3n) is 4.49. The number of nitrogens with one attached hydrogen (secondary N) is 1. The van der Waals surface area contributed by atoms with Crippen molar-refractivity contribution >= 4 is 29.3 Å². The van der Waals surface area contributed by atoms with Gasteiger partial charge in [-0.15, -0.1) is 11.8 Å². The maximum atomic E-state index is 12.7. The van der Waals surface area contributed by atoms with E-state index in [0.717, 1.165) is 11.3 Å². The zero-order valence-corrected chi connectivity index (χ0v) is 18.3. The summed E-state index contributed by atoms with van der Waals surface area (Å²) >= 11 is 7.97. The Bertz CT molecular complexity index is 987. The number of hydrogen-bond donors (Lipinski definition) is 1. The molecule has 6 nitrogen and oxygen atoms in total. The maximum Gasteiger partial charge on any atom is 0.271 e. The average molecular weight is 431 g/mol. The number of halogens is 1. The molecular weight excluding hydrogens is 408 g/mol. The second-order valence-corrected chi connectivity index (χ2v) is 7.75. The number of pyridine rings is 1. The van der Waals surface area contributed by atoms with Gasteiger partial charge in [0.1, 0.15) is 11.4 Å². The molecule has 0 aliphatic heterocycles. The Morgan fingerprint density at radius 1 is 1.28 bits per heavy atom. The highest BCUT2D eigenvalue weighted by Gasteiger charge is 2.21. The third-order valence-corrected chi connectivity index (χ3v) is 5.63. The van der Waals surface area contributed by atoms with E-state index in [2.05, 4.69) is 15.4 Å². The molecule has 1 amide bonds. The molecule has 0 aliphatic carbocycles. The van der Waals surface area contributed by atoms with Gasteiger partial charge in [-0.2, -0.15) is 5.10 Å². The summed E-state index contributed by atoms with van der Waals surface area (Å²) in [5.74, 6) is 0.944. The lowest BCUT2D eigenvalue weighted by Gasteiger charge is -2.15. The number of aryl methyl sites for hydroxylation is 2. The molecule has 0 aliphatic rings. The van der Waals surface area contributed by atoms with Crippen LogP contribution < -0.4 is 10.1 Å². The van der Waals surface area contributed by atoms with E-state index in [0.29, 0.717) is 28.7 Å². The predicted octanol–water partition coefficient (Wildman–Crippen LogP) is 5.04. The Morgan fingerprint density at radius 3 is 2.55 bits per heavy atom. The summed E-state index contributed by atoms with van der Waals surface area (Å²) in [6.45, 7) is 3.84. The zero-order chi connectivity index (χ0) is 21.0. The number of carbonyl (C=O) groups is 1. The lowest BCUT2D eigenvalue weighted by atomic mass is 10.1. The van der Waals surface area contributed by atoms with E-state index in [1.54, 1.807) is 31.1 Å². The van der Waals surface area contributed by atoms with Crippen LogP contribution in [0, 0.1) is 0 Å². The van der Waals surface area contributed by atoms with E-state index in [-0.39, 0.29) is 11.9 Å². The van der Waals surface area contributed by atoms with Crippen LogP contribution in [-0.4, -0.2) is 26.9 Å². The van der Waals surface area contributed by atoms with E-state index < -0.39 is 0 Å². The monoisotopic (exact) mass is 430 g/mol. The molecular formula is C21H23ClN4O2S. The van der Waals surface area contributed by atoms with Crippen LogP contribution in [-0.2, 0) is 13.5 Å². The minimum Gasteiger partial charge on any atom is -0.439 e. The van der Waals surface area contributed by atoms with Gasteiger partial charge in [0.15, 0.2) is 0 Å². The minimum absolute atomic E-state index is 0.249. The molecule has 1 atom stereocenters. The quantitative estimate of drug-likeness (QED) is 0.532. The highest BCUT2D eigenvalue weighted by Crippen LogP contribution is 2.25. The smallest absolute Gasteiger partial charge is 0.271 e. The maximum absolute atomic E-state index is 12.7. The van der Waals surface area contributed by atoms with Gasteiger partial charge in [-0.25, -0.2) is 4.98 Å². The topological polar surface area (TPSA) is 69.0 Å². The average Bonchev–Trinajstić information content (AvgIpc) is 3.02. The Kier molecular flexibility index (Phi) is 6.82. The fourth-order valence-electron chi connectivity index (χ4n) is 2.85. The molecule has 29 heavy (non-hydrogen) atoms. The molecule has 1 aromatic carbocycles. The van der Waals surface area contributed by atoms with Crippen molar-refractivity contribution in [1.82, 2.24) is 20.1 Å². The van der Waals surface area contributed by atoms with E-state index >= 15 is 0 Å². The molecule has 0 saturated carbocycles. The molecule has 0 saturated heterocycles. The Hall–Kier alpha value is -2.51. The summed E-state index contributed by atoms with van der Waals surface area (Å²) in [4.78, 5) is 18.2. The van der Waals surface area contributed by atoms with Crippen molar-refractivity contribution in [3.8, 4) is 11.6 Å². The number of rotatable bonds is 7. The lowest BCUT2D eigenvalue weighted by Crippen LogP contribution is -2.28. The lowest BCUT2D eigenvalue weighted by molar-refractivity contribution is 0.0930. The van der Waals surface area contributed by atoms with Gasteiger partial charge in [0, 0.05) is 24.2 Å². The number of nitrogens with zero attached hydrogens (tertiary/aromatic N) is 3. The van der Waals surface area contributed by atoms with Gasteiger partial charge in [0.05, 0.1) is 16.8 Å². The highest BCUT2D eigenvalue weighted by molar-refractivity contribution is 7.98. The number of hydrogen-bond acceptors (Lipinski definition) is 5. The largest absolute Gasteiger partial charge is 0.439 e. The van der Waals surface area contributed by atoms with Crippen LogP contribution >= 0.6 is 23.4 Å². The number of carbonyl (C=O) groups excluding carboxylic acids is 1. The summed E-state index contributed by atoms with van der Waals surface area (Å²) in [6.07, 6.45) is 4.39. The van der Waals surface area contributed by atoms with Crippen molar-refractivity contribution in [2.45, 2.75) is 31.2 Å². The van der Waals surface area contributed by atoms with Crippen LogP contribution in [0.5, 0.6) is 11.6 Å². The number of thioether (sulfide) groups is 1. The molecule has 0 fully saturated rings. The number of ether oxygens (including phenoxy) is 1. The summed E-state index contributed by atoms with van der Waals surface area (Å²) in [5.41, 5.74) is 1.93. The Morgan fingerprint density at radius 2 is 2.00 bits per heavy atom. The molecule has 8 heteroatoms. The molecule has 3 aromatic rings. The fourth-order valence-corrected chi connectivity index (χ4v) is 3.64. The van der Waals surface area contributed by atoms with Crippen LogP contribution in [0.15, 0.2) is 47.5 Å². The van der Waals surface area contributed by atoms with Crippen LogP contribution in [0.4, 0.5) is 0 Å². The van der Waals surface area contributed by atoms with Crippen LogP contribution in [0.3, 0.4) is 0 Å². The molecule has 0 radical (unpaired) electrons. The van der Waals surface area contributed by atoms with Gasteiger partial charge >= 0.3 is 0 Å². The van der Waals surface area contributed by atoms with Crippen molar-refractivity contribution < 1.29 is 9.53 Å². The summed E-state index contributed by atoms with van der Waals surface area (Å²) in [7, 11) is 1.71. The molecule has 152 valence electrons. The van der Waals surface area contributed by atoms with Gasteiger partial charge < -0.3 is 10.1 Å².